The zero-order valence-corrected chi connectivity index (χ0v) is 14.7. The van der Waals surface area contributed by atoms with Gasteiger partial charge in [0.15, 0.2) is 5.69 Å². The van der Waals surface area contributed by atoms with E-state index in [1.807, 2.05) is 0 Å². The highest BCUT2D eigenvalue weighted by atomic mass is 79.9. The molecular weight excluding hydrogens is 402 g/mol. The monoisotopic (exact) mass is 413 g/mol. The summed E-state index contributed by atoms with van der Waals surface area (Å²) in [6.07, 6.45) is 0. The minimum absolute atomic E-state index is 0.0300. The van der Waals surface area contributed by atoms with Crippen LogP contribution in [0.4, 0.5) is 5.82 Å². The SMILES string of the molecule is C[C@H](NC(=O)c1n[nH]c(NC(=O)c2ccccc2Cl)c1Br)C(N)=O. The lowest BCUT2D eigenvalue weighted by Crippen LogP contribution is -2.42. The minimum atomic E-state index is -0.859. The van der Waals surface area contributed by atoms with Crippen molar-refractivity contribution >= 4 is 51.1 Å². The number of carbonyl (C=O) groups is 3. The van der Waals surface area contributed by atoms with E-state index in [1.165, 1.54) is 6.92 Å². The molecule has 1 atom stereocenters. The second kappa shape index (κ2) is 7.45. The second-order valence-corrected chi connectivity index (χ2v) is 5.99. The van der Waals surface area contributed by atoms with Gasteiger partial charge in [-0.1, -0.05) is 23.7 Å². The Morgan fingerprint density at radius 1 is 1.29 bits per heavy atom. The number of carbonyl (C=O) groups excluding carboxylic acids is 3. The van der Waals surface area contributed by atoms with E-state index in [0.717, 1.165) is 0 Å². The highest BCUT2D eigenvalue weighted by Crippen LogP contribution is 2.25. The van der Waals surface area contributed by atoms with Crippen molar-refractivity contribution in [1.29, 1.82) is 0 Å². The Labute approximate surface area is 150 Å². The van der Waals surface area contributed by atoms with Crippen molar-refractivity contribution in [2.24, 2.45) is 5.73 Å². The van der Waals surface area contributed by atoms with Crippen LogP contribution in [0.25, 0.3) is 0 Å². The normalized spacial score (nSPS) is 11.6. The van der Waals surface area contributed by atoms with Crippen molar-refractivity contribution in [3.05, 3.63) is 45.0 Å². The molecule has 8 nitrogen and oxygen atoms in total. The van der Waals surface area contributed by atoms with E-state index in [0.29, 0.717) is 5.02 Å². The van der Waals surface area contributed by atoms with Crippen LogP contribution in [0, 0.1) is 0 Å². The molecule has 1 aromatic heterocycles. The van der Waals surface area contributed by atoms with Gasteiger partial charge in [0.1, 0.15) is 11.9 Å². The standard InChI is InChI=1S/C14H13BrClN5O3/c1-6(11(17)22)18-14(24)10-9(15)12(21-20-10)19-13(23)7-4-2-3-5-8(7)16/h2-6H,1H3,(H2,17,22)(H,18,24)(H2,19,20,21,23)/t6-/m0/s1. The summed E-state index contributed by atoms with van der Waals surface area (Å²) < 4.78 is 0.233. The van der Waals surface area contributed by atoms with Crippen molar-refractivity contribution in [2.75, 3.05) is 5.32 Å². The quantitative estimate of drug-likeness (QED) is 0.593. The molecule has 0 aliphatic heterocycles. The molecule has 3 amide bonds. The van der Waals surface area contributed by atoms with Crippen molar-refractivity contribution in [2.45, 2.75) is 13.0 Å². The number of H-pyrrole nitrogens is 1. The van der Waals surface area contributed by atoms with Crippen LogP contribution in [-0.2, 0) is 4.79 Å². The minimum Gasteiger partial charge on any atom is -0.368 e. The number of aromatic nitrogens is 2. The molecule has 2 aromatic rings. The Hall–Kier alpha value is -2.39. The zero-order chi connectivity index (χ0) is 17.9. The molecule has 24 heavy (non-hydrogen) atoms. The maximum atomic E-state index is 12.2. The summed E-state index contributed by atoms with van der Waals surface area (Å²) in [4.78, 5) is 35.2. The number of halogens is 2. The van der Waals surface area contributed by atoms with Gasteiger partial charge in [-0.25, -0.2) is 0 Å². The number of nitrogens with zero attached hydrogens (tertiary/aromatic N) is 1. The van der Waals surface area contributed by atoms with Crippen LogP contribution in [0.5, 0.6) is 0 Å². The predicted octanol–water partition coefficient (Wildman–Crippen LogP) is 1.68. The van der Waals surface area contributed by atoms with Crippen LogP contribution in [0.2, 0.25) is 5.02 Å². The van der Waals surface area contributed by atoms with Gasteiger partial charge >= 0.3 is 0 Å². The van der Waals surface area contributed by atoms with Crippen LogP contribution in [0.3, 0.4) is 0 Å². The van der Waals surface area contributed by atoms with Crippen LogP contribution in [-0.4, -0.2) is 34.0 Å². The maximum Gasteiger partial charge on any atom is 0.273 e. The molecule has 0 saturated carbocycles. The number of nitrogens with two attached hydrogens (primary N) is 1. The van der Waals surface area contributed by atoms with Crippen molar-refractivity contribution in [3.63, 3.8) is 0 Å². The molecule has 0 unspecified atom stereocenters. The Balaban J connectivity index is 2.15. The lowest BCUT2D eigenvalue weighted by molar-refractivity contribution is -0.119. The average Bonchev–Trinajstić information content (AvgIpc) is 2.88. The first-order chi connectivity index (χ1) is 11.3. The van der Waals surface area contributed by atoms with Gasteiger partial charge in [0, 0.05) is 0 Å². The number of benzene rings is 1. The third-order valence-corrected chi connectivity index (χ3v) is 4.16. The van der Waals surface area contributed by atoms with Gasteiger partial charge < -0.3 is 16.4 Å². The molecule has 2 rings (SSSR count). The molecule has 126 valence electrons. The number of nitrogens with one attached hydrogen (secondary N) is 3. The highest BCUT2D eigenvalue weighted by Gasteiger charge is 2.22. The van der Waals surface area contributed by atoms with E-state index in [1.54, 1.807) is 24.3 Å². The second-order valence-electron chi connectivity index (χ2n) is 4.79. The molecular formula is C14H13BrClN5O3. The van der Waals surface area contributed by atoms with Crippen molar-refractivity contribution < 1.29 is 14.4 Å². The summed E-state index contributed by atoms with van der Waals surface area (Å²) in [5.41, 5.74) is 5.33. The third kappa shape index (κ3) is 3.92. The van der Waals surface area contributed by atoms with Crippen LogP contribution < -0.4 is 16.4 Å². The van der Waals surface area contributed by atoms with Gasteiger partial charge in [-0.05, 0) is 35.0 Å². The summed E-state index contributed by atoms with van der Waals surface area (Å²) >= 11 is 9.14. The van der Waals surface area contributed by atoms with E-state index < -0.39 is 23.8 Å². The van der Waals surface area contributed by atoms with Gasteiger partial charge in [-0.2, -0.15) is 5.10 Å². The van der Waals surface area contributed by atoms with E-state index in [4.69, 9.17) is 17.3 Å². The first-order valence-electron chi connectivity index (χ1n) is 6.71. The number of rotatable bonds is 5. The fourth-order valence-electron chi connectivity index (χ4n) is 1.72. The Morgan fingerprint density at radius 2 is 1.96 bits per heavy atom. The lowest BCUT2D eigenvalue weighted by atomic mass is 10.2. The number of primary amides is 1. The molecule has 0 saturated heterocycles. The molecule has 0 aliphatic carbocycles. The number of anilines is 1. The van der Waals surface area contributed by atoms with Crippen molar-refractivity contribution in [1.82, 2.24) is 15.5 Å². The van der Waals surface area contributed by atoms with Gasteiger partial charge in [-0.15, -0.1) is 0 Å². The maximum absolute atomic E-state index is 12.2. The molecule has 0 spiro atoms. The largest absolute Gasteiger partial charge is 0.368 e. The fraction of sp³-hybridized carbons (Fsp3) is 0.143. The first kappa shape index (κ1) is 18.0. The van der Waals surface area contributed by atoms with Crippen LogP contribution in [0.1, 0.15) is 27.8 Å². The molecule has 0 fully saturated rings. The van der Waals surface area contributed by atoms with Crippen LogP contribution in [0.15, 0.2) is 28.7 Å². The number of hydrogen-bond donors (Lipinski definition) is 4. The molecule has 5 N–H and O–H groups in total. The summed E-state index contributed by atoms with van der Waals surface area (Å²) in [7, 11) is 0. The zero-order valence-electron chi connectivity index (χ0n) is 12.4. The summed E-state index contributed by atoms with van der Waals surface area (Å²) in [5.74, 6) is -1.59. The molecule has 10 heteroatoms. The molecule has 1 aromatic carbocycles. The Morgan fingerprint density at radius 3 is 2.58 bits per heavy atom. The Bertz CT molecular complexity index is 807. The number of amides is 3. The summed E-state index contributed by atoms with van der Waals surface area (Å²) in [5, 5.41) is 11.6. The van der Waals surface area contributed by atoms with Crippen molar-refractivity contribution in [3.8, 4) is 0 Å². The van der Waals surface area contributed by atoms with E-state index in [9.17, 15) is 14.4 Å². The van der Waals surface area contributed by atoms with Gasteiger partial charge in [0.2, 0.25) is 5.91 Å². The first-order valence-corrected chi connectivity index (χ1v) is 7.88. The molecule has 0 radical (unpaired) electrons. The molecule has 0 bridgehead atoms. The average molecular weight is 415 g/mol. The third-order valence-electron chi connectivity index (χ3n) is 3.05. The smallest absolute Gasteiger partial charge is 0.273 e. The number of aromatic amines is 1. The fourth-order valence-corrected chi connectivity index (χ4v) is 2.40. The van der Waals surface area contributed by atoms with Gasteiger partial charge in [0.05, 0.1) is 15.1 Å². The molecule has 1 heterocycles. The lowest BCUT2D eigenvalue weighted by Gasteiger charge is -2.08. The number of hydrogen-bond acceptors (Lipinski definition) is 4. The van der Waals surface area contributed by atoms with Crippen LogP contribution >= 0.6 is 27.5 Å². The molecule has 0 aliphatic rings. The van der Waals surface area contributed by atoms with E-state index >= 15 is 0 Å². The Kier molecular flexibility index (Phi) is 5.58. The predicted molar refractivity (Wildman–Crippen MR) is 91.8 cm³/mol. The van der Waals surface area contributed by atoms with E-state index in [2.05, 4.69) is 36.8 Å². The van der Waals surface area contributed by atoms with E-state index in [-0.39, 0.29) is 21.5 Å². The highest BCUT2D eigenvalue weighted by molar-refractivity contribution is 9.10. The van der Waals surface area contributed by atoms with Gasteiger partial charge in [0.25, 0.3) is 11.8 Å². The topological polar surface area (TPSA) is 130 Å². The summed E-state index contributed by atoms with van der Waals surface area (Å²) in [6, 6.07) is 5.66. The summed E-state index contributed by atoms with van der Waals surface area (Å²) in [6.45, 7) is 1.45. The van der Waals surface area contributed by atoms with Gasteiger partial charge in [-0.3, -0.25) is 19.5 Å².